The van der Waals surface area contributed by atoms with Gasteiger partial charge in [0.2, 0.25) is 0 Å². The van der Waals surface area contributed by atoms with Crippen LogP contribution in [0.3, 0.4) is 0 Å². The Labute approximate surface area is 182 Å². The second-order valence-corrected chi connectivity index (χ2v) is 8.68. The summed E-state index contributed by atoms with van der Waals surface area (Å²) in [7, 11) is 0. The predicted molar refractivity (Wildman–Crippen MR) is 126 cm³/mol. The maximum absolute atomic E-state index is 12.6. The topological polar surface area (TPSA) is 99.1 Å². The standard InChI is InChI=1S/C22H32N6OS/c1-3-7-17(14-16-15-25-19-9-6-5-8-18(16)19)26-21(29)20(23)30-22(24)28-12-10-27(4-2)11-13-28/h5-6,8-9,15,17,23-25H,3-4,7,10-14H2,1-2H3,(H,26,29). The molecule has 1 aliphatic rings. The molecular formula is C22H32N6OS. The summed E-state index contributed by atoms with van der Waals surface area (Å²) in [6.45, 7) is 8.63. The number of likely N-dealkylation sites (N-methyl/N-ethyl adjacent to an activating group) is 1. The van der Waals surface area contributed by atoms with Gasteiger partial charge in [-0.25, -0.2) is 0 Å². The number of nitrogens with one attached hydrogen (secondary N) is 4. The number of hydrogen-bond donors (Lipinski definition) is 4. The predicted octanol–water partition coefficient (Wildman–Crippen LogP) is 3.28. The highest BCUT2D eigenvalue weighted by Crippen LogP contribution is 2.20. The fraction of sp³-hybridized carbons (Fsp3) is 0.500. The average Bonchev–Trinajstić information content (AvgIpc) is 3.16. The minimum absolute atomic E-state index is 0.0371. The Morgan fingerprint density at radius 3 is 2.63 bits per heavy atom. The largest absolute Gasteiger partial charge is 0.361 e. The number of para-hydroxylation sites is 1. The molecule has 1 aromatic carbocycles. The average molecular weight is 429 g/mol. The van der Waals surface area contributed by atoms with E-state index in [1.807, 2.05) is 29.3 Å². The number of rotatable bonds is 6. The first-order valence-electron chi connectivity index (χ1n) is 10.7. The monoisotopic (exact) mass is 428 g/mol. The van der Waals surface area contributed by atoms with Crippen LogP contribution < -0.4 is 5.32 Å². The number of thioether (sulfide) groups is 1. The number of aromatic amines is 1. The van der Waals surface area contributed by atoms with Gasteiger partial charge < -0.3 is 20.1 Å². The van der Waals surface area contributed by atoms with Crippen LogP contribution in [0.5, 0.6) is 0 Å². The second-order valence-electron chi connectivity index (χ2n) is 7.68. The number of piperazine rings is 1. The van der Waals surface area contributed by atoms with Crippen LogP contribution in [0.25, 0.3) is 10.9 Å². The summed E-state index contributed by atoms with van der Waals surface area (Å²) in [5.41, 5.74) is 2.26. The van der Waals surface area contributed by atoms with Gasteiger partial charge >= 0.3 is 0 Å². The summed E-state index contributed by atoms with van der Waals surface area (Å²) in [6.07, 6.45) is 4.52. The van der Waals surface area contributed by atoms with Crippen molar-refractivity contribution >= 4 is 38.8 Å². The Morgan fingerprint density at radius 2 is 1.93 bits per heavy atom. The zero-order chi connectivity index (χ0) is 21.5. The number of amides is 1. The van der Waals surface area contributed by atoms with Crippen molar-refractivity contribution in [3.05, 3.63) is 36.0 Å². The number of H-pyrrole nitrogens is 1. The Kier molecular flexibility index (Phi) is 7.93. The molecule has 0 spiro atoms. The van der Waals surface area contributed by atoms with Gasteiger partial charge in [0, 0.05) is 49.3 Å². The van der Waals surface area contributed by atoms with Crippen molar-refractivity contribution in [2.75, 3.05) is 32.7 Å². The van der Waals surface area contributed by atoms with Crippen LogP contribution in [0.4, 0.5) is 0 Å². The van der Waals surface area contributed by atoms with Crippen molar-refractivity contribution in [2.24, 2.45) is 0 Å². The molecule has 2 heterocycles. The van der Waals surface area contributed by atoms with Crippen LogP contribution in [0.15, 0.2) is 30.5 Å². The van der Waals surface area contributed by atoms with E-state index in [4.69, 9.17) is 10.8 Å². The number of amidine groups is 1. The van der Waals surface area contributed by atoms with Crippen molar-refractivity contribution < 1.29 is 4.79 Å². The number of nitrogens with zero attached hydrogens (tertiary/aromatic N) is 2. The number of carbonyl (C=O) groups is 1. The maximum atomic E-state index is 12.6. The van der Waals surface area contributed by atoms with E-state index in [0.29, 0.717) is 0 Å². The number of hydrogen-bond acceptors (Lipinski definition) is 5. The van der Waals surface area contributed by atoms with Crippen LogP contribution in [-0.2, 0) is 11.2 Å². The molecule has 0 aliphatic carbocycles. The Balaban J connectivity index is 1.55. The van der Waals surface area contributed by atoms with E-state index in [1.165, 1.54) is 10.9 Å². The SMILES string of the molecule is CCCC(Cc1c[nH]c2ccccc12)NC(=O)C(=N)SC(=N)N1CCN(CC)CC1. The highest BCUT2D eigenvalue weighted by atomic mass is 32.2. The lowest BCUT2D eigenvalue weighted by atomic mass is 10.0. The lowest BCUT2D eigenvalue weighted by Crippen LogP contribution is -2.48. The minimum Gasteiger partial charge on any atom is -0.361 e. The molecule has 1 fully saturated rings. The first-order valence-corrected chi connectivity index (χ1v) is 11.5. The summed E-state index contributed by atoms with van der Waals surface area (Å²) in [5.74, 6) is -0.393. The Hall–Kier alpha value is -2.32. The molecule has 1 amide bonds. The molecule has 1 saturated heterocycles. The van der Waals surface area contributed by atoms with Gasteiger partial charge in [0.25, 0.3) is 5.91 Å². The van der Waals surface area contributed by atoms with Gasteiger partial charge in [-0.15, -0.1) is 0 Å². The van der Waals surface area contributed by atoms with E-state index in [-0.39, 0.29) is 16.3 Å². The van der Waals surface area contributed by atoms with Gasteiger partial charge in [-0.3, -0.25) is 15.6 Å². The highest BCUT2D eigenvalue weighted by Gasteiger charge is 2.23. The summed E-state index contributed by atoms with van der Waals surface area (Å²) in [4.78, 5) is 20.2. The molecule has 1 unspecified atom stereocenters. The molecule has 0 radical (unpaired) electrons. The van der Waals surface area contributed by atoms with Crippen molar-refractivity contribution in [2.45, 2.75) is 39.2 Å². The molecule has 162 valence electrons. The zero-order valence-corrected chi connectivity index (χ0v) is 18.6. The number of aromatic nitrogens is 1. The van der Waals surface area contributed by atoms with Gasteiger partial charge in [0.1, 0.15) is 0 Å². The molecular weight excluding hydrogens is 396 g/mol. The molecule has 8 heteroatoms. The molecule has 7 nitrogen and oxygen atoms in total. The molecule has 3 rings (SSSR count). The lowest BCUT2D eigenvalue weighted by Gasteiger charge is -2.35. The summed E-state index contributed by atoms with van der Waals surface area (Å²) in [5, 5.41) is 20.8. The first-order chi connectivity index (χ1) is 14.5. The van der Waals surface area contributed by atoms with Crippen LogP contribution in [0.2, 0.25) is 0 Å². The van der Waals surface area contributed by atoms with Crippen LogP contribution >= 0.6 is 11.8 Å². The number of benzene rings is 1. The van der Waals surface area contributed by atoms with Crippen molar-refractivity contribution in [3.63, 3.8) is 0 Å². The van der Waals surface area contributed by atoms with Crippen molar-refractivity contribution in [1.29, 1.82) is 10.8 Å². The van der Waals surface area contributed by atoms with E-state index >= 15 is 0 Å². The van der Waals surface area contributed by atoms with Crippen LogP contribution in [0, 0.1) is 10.8 Å². The van der Waals surface area contributed by atoms with Gasteiger partial charge in [0.05, 0.1) is 0 Å². The molecule has 4 N–H and O–H groups in total. The van der Waals surface area contributed by atoms with E-state index in [2.05, 4.69) is 35.1 Å². The molecule has 30 heavy (non-hydrogen) atoms. The fourth-order valence-electron chi connectivity index (χ4n) is 3.87. The third kappa shape index (κ3) is 5.64. The quantitative estimate of drug-likeness (QED) is 0.419. The molecule has 0 saturated carbocycles. The van der Waals surface area contributed by atoms with Gasteiger partial charge in [0.15, 0.2) is 10.2 Å². The number of carbonyl (C=O) groups excluding carboxylic acids is 1. The fourth-order valence-corrected chi connectivity index (χ4v) is 4.52. The lowest BCUT2D eigenvalue weighted by molar-refractivity contribution is -0.115. The molecule has 1 aliphatic heterocycles. The first kappa shape index (κ1) is 22.4. The minimum atomic E-state index is -0.393. The third-order valence-electron chi connectivity index (χ3n) is 5.63. The Morgan fingerprint density at radius 1 is 1.20 bits per heavy atom. The van der Waals surface area contributed by atoms with Gasteiger partial charge in [-0.2, -0.15) is 0 Å². The molecule has 2 aromatic rings. The molecule has 1 aromatic heterocycles. The third-order valence-corrected chi connectivity index (χ3v) is 6.47. The zero-order valence-electron chi connectivity index (χ0n) is 17.8. The van der Waals surface area contributed by atoms with E-state index in [1.54, 1.807) is 0 Å². The van der Waals surface area contributed by atoms with Crippen molar-refractivity contribution in [1.82, 2.24) is 20.1 Å². The van der Waals surface area contributed by atoms with E-state index < -0.39 is 5.91 Å². The van der Waals surface area contributed by atoms with Crippen LogP contribution in [-0.4, -0.2) is 69.7 Å². The molecule has 0 bridgehead atoms. The normalized spacial score (nSPS) is 15.9. The van der Waals surface area contributed by atoms with Crippen molar-refractivity contribution in [3.8, 4) is 0 Å². The van der Waals surface area contributed by atoms with Gasteiger partial charge in [-0.05, 0) is 42.8 Å². The summed E-state index contributed by atoms with van der Waals surface area (Å²) in [6, 6.07) is 8.12. The Bertz CT molecular complexity index is 887. The number of fused-ring (bicyclic) bond motifs is 1. The summed E-state index contributed by atoms with van der Waals surface area (Å²) >= 11 is 0.949. The van der Waals surface area contributed by atoms with E-state index in [0.717, 1.165) is 69.3 Å². The highest BCUT2D eigenvalue weighted by molar-refractivity contribution is 8.27. The van der Waals surface area contributed by atoms with E-state index in [9.17, 15) is 4.79 Å². The smallest absolute Gasteiger partial charge is 0.276 e. The maximum Gasteiger partial charge on any atom is 0.276 e. The molecule has 1 atom stereocenters. The van der Waals surface area contributed by atoms with Crippen LogP contribution in [0.1, 0.15) is 32.3 Å². The van der Waals surface area contributed by atoms with Gasteiger partial charge in [-0.1, -0.05) is 38.5 Å². The summed E-state index contributed by atoms with van der Waals surface area (Å²) < 4.78 is 0. The second kappa shape index (κ2) is 10.6.